The van der Waals surface area contributed by atoms with Crippen LogP contribution in [0.2, 0.25) is 0 Å². The van der Waals surface area contributed by atoms with Crippen LogP contribution in [-0.4, -0.2) is 11.6 Å². The Labute approximate surface area is 71.2 Å². The van der Waals surface area contributed by atoms with E-state index in [1.807, 2.05) is 13.0 Å². The molecule has 3 heteroatoms. The van der Waals surface area contributed by atoms with Crippen LogP contribution in [-0.2, 0) is 5.88 Å². The highest BCUT2D eigenvalue weighted by atomic mass is 35.5. The zero-order valence-corrected chi connectivity index (χ0v) is 7.14. The summed E-state index contributed by atoms with van der Waals surface area (Å²) in [5.74, 6) is 1.25. The Morgan fingerprint density at radius 3 is 3.09 bits per heavy atom. The van der Waals surface area contributed by atoms with Crippen LogP contribution in [0.25, 0.3) is 0 Å². The van der Waals surface area contributed by atoms with Crippen molar-refractivity contribution in [2.75, 3.05) is 6.61 Å². The zero-order valence-electron chi connectivity index (χ0n) is 6.38. The Kier molecular flexibility index (Phi) is 3.17. The van der Waals surface area contributed by atoms with Crippen molar-refractivity contribution < 1.29 is 4.74 Å². The molecule has 0 spiro atoms. The molecule has 0 aliphatic carbocycles. The summed E-state index contributed by atoms with van der Waals surface area (Å²) in [4.78, 5) is 3.93. The van der Waals surface area contributed by atoms with Gasteiger partial charge in [0.1, 0.15) is 5.75 Å². The molecule has 1 rings (SSSR count). The molecule has 1 aromatic heterocycles. The van der Waals surface area contributed by atoms with Gasteiger partial charge in [-0.05, 0) is 13.0 Å². The Hall–Kier alpha value is -0.760. The molecule has 0 bridgehead atoms. The second-order valence-corrected chi connectivity index (χ2v) is 2.32. The number of nitrogens with zero attached hydrogens (tertiary/aromatic N) is 1. The second kappa shape index (κ2) is 4.19. The van der Waals surface area contributed by atoms with Crippen molar-refractivity contribution in [3.05, 3.63) is 24.0 Å². The Morgan fingerprint density at radius 2 is 2.45 bits per heavy atom. The number of hydrogen-bond donors (Lipinski definition) is 0. The van der Waals surface area contributed by atoms with Crippen LogP contribution in [0.5, 0.6) is 5.75 Å². The largest absolute Gasteiger partial charge is 0.492 e. The molecule has 0 aliphatic heterocycles. The third kappa shape index (κ3) is 2.09. The first kappa shape index (κ1) is 8.34. The molecule has 2 nitrogen and oxygen atoms in total. The van der Waals surface area contributed by atoms with Gasteiger partial charge in [0.2, 0.25) is 0 Å². The minimum absolute atomic E-state index is 0.470. The Balaban J connectivity index is 2.83. The number of rotatable bonds is 3. The van der Waals surface area contributed by atoms with Crippen molar-refractivity contribution in [2.45, 2.75) is 12.8 Å². The first-order valence-electron chi connectivity index (χ1n) is 3.50. The van der Waals surface area contributed by atoms with E-state index >= 15 is 0 Å². The highest BCUT2D eigenvalue weighted by molar-refractivity contribution is 6.17. The van der Waals surface area contributed by atoms with Gasteiger partial charge in [-0.3, -0.25) is 4.98 Å². The van der Waals surface area contributed by atoms with Gasteiger partial charge in [-0.15, -0.1) is 11.6 Å². The maximum atomic E-state index is 5.66. The molecule has 1 heterocycles. The van der Waals surface area contributed by atoms with Crippen molar-refractivity contribution >= 4 is 11.6 Å². The van der Waals surface area contributed by atoms with Gasteiger partial charge in [-0.25, -0.2) is 0 Å². The van der Waals surface area contributed by atoms with Crippen molar-refractivity contribution in [3.63, 3.8) is 0 Å². The van der Waals surface area contributed by atoms with E-state index in [0.717, 1.165) is 11.3 Å². The molecule has 1 aromatic rings. The zero-order chi connectivity index (χ0) is 8.10. The average Bonchev–Trinajstić information content (AvgIpc) is 2.06. The fourth-order valence-electron chi connectivity index (χ4n) is 0.805. The van der Waals surface area contributed by atoms with Crippen LogP contribution in [0.4, 0.5) is 0 Å². The first-order valence-corrected chi connectivity index (χ1v) is 4.03. The molecule has 0 fully saturated rings. The van der Waals surface area contributed by atoms with Gasteiger partial charge in [0.25, 0.3) is 0 Å². The van der Waals surface area contributed by atoms with E-state index < -0.39 is 0 Å². The summed E-state index contributed by atoms with van der Waals surface area (Å²) in [6.07, 6.45) is 3.39. The summed E-state index contributed by atoms with van der Waals surface area (Å²) in [6.45, 7) is 2.58. The SMILES string of the molecule is CCOc1cnccc1CCl. The van der Waals surface area contributed by atoms with Gasteiger partial charge in [-0.1, -0.05) is 0 Å². The molecule has 0 atom stereocenters. The van der Waals surface area contributed by atoms with Crippen LogP contribution in [0.3, 0.4) is 0 Å². The topological polar surface area (TPSA) is 22.1 Å². The molecule has 0 amide bonds. The summed E-state index contributed by atoms with van der Waals surface area (Å²) in [6, 6.07) is 1.86. The number of alkyl halides is 1. The lowest BCUT2D eigenvalue weighted by Gasteiger charge is -2.05. The van der Waals surface area contributed by atoms with E-state index in [4.69, 9.17) is 16.3 Å². The maximum Gasteiger partial charge on any atom is 0.141 e. The maximum absolute atomic E-state index is 5.66. The summed E-state index contributed by atoms with van der Waals surface area (Å²) in [5, 5.41) is 0. The summed E-state index contributed by atoms with van der Waals surface area (Å²) < 4.78 is 5.28. The fraction of sp³-hybridized carbons (Fsp3) is 0.375. The molecule has 0 radical (unpaired) electrons. The van der Waals surface area contributed by atoms with Crippen LogP contribution < -0.4 is 4.74 Å². The Bertz CT molecular complexity index is 227. The molecule has 0 aliphatic rings. The summed E-state index contributed by atoms with van der Waals surface area (Å²) in [5.41, 5.74) is 0.989. The molecule has 0 aromatic carbocycles. The van der Waals surface area contributed by atoms with E-state index in [0.29, 0.717) is 12.5 Å². The highest BCUT2D eigenvalue weighted by Gasteiger charge is 1.99. The lowest BCUT2D eigenvalue weighted by Crippen LogP contribution is -1.95. The normalized spacial score (nSPS) is 9.64. The van der Waals surface area contributed by atoms with E-state index in [1.54, 1.807) is 12.4 Å². The number of ether oxygens (including phenoxy) is 1. The van der Waals surface area contributed by atoms with Crippen molar-refractivity contribution in [1.29, 1.82) is 0 Å². The third-order valence-electron chi connectivity index (χ3n) is 1.31. The standard InChI is InChI=1S/C8H10ClNO/c1-2-11-8-6-10-4-3-7(8)5-9/h3-4,6H,2,5H2,1H3. The molecule has 0 unspecified atom stereocenters. The van der Waals surface area contributed by atoms with Gasteiger partial charge in [-0.2, -0.15) is 0 Å². The van der Waals surface area contributed by atoms with Gasteiger partial charge in [0.05, 0.1) is 18.7 Å². The molecular weight excluding hydrogens is 162 g/mol. The lowest BCUT2D eigenvalue weighted by atomic mass is 10.3. The van der Waals surface area contributed by atoms with Crippen molar-refractivity contribution in [2.24, 2.45) is 0 Å². The predicted molar refractivity (Wildman–Crippen MR) is 45.0 cm³/mol. The smallest absolute Gasteiger partial charge is 0.141 e. The van der Waals surface area contributed by atoms with E-state index in [1.165, 1.54) is 0 Å². The van der Waals surface area contributed by atoms with Crippen molar-refractivity contribution in [1.82, 2.24) is 4.98 Å². The van der Waals surface area contributed by atoms with Crippen LogP contribution in [0.1, 0.15) is 12.5 Å². The molecule has 60 valence electrons. The fourth-order valence-corrected chi connectivity index (χ4v) is 1.03. The van der Waals surface area contributed by atoms with Crippen LogP contribution >= 0.6 is 11.6 Å². The molecule has 0 saturated carbocycles. The van der Waals surface area contributed by atoms with Crippen molar-refractivity contribution in [3.8, 4) is 5.75 Å². The van der Waals surface area contributed by atoms with E-state index in [-0.39, 0.29) is 0 Å². The summed E-state index contributed by atoms with van der Waals surface area (Å²) >= 11 is 5.66. The quantitative estimate of drug-likeness (QED) is 0.651. The highest BCUT2D eigenvalue weighted by Crippen LogP contribution is 2.17. The molecule has 0 saturated heterocycles. The first-order chi connectivity index (χ1) is 5.38. The van der Waals surface area contributed by atoms with Crippen LogP contribution in [0, 0.1) is 0 Å². The third-order valence-corrected chi connectivity index (χ3v) is 1.60. The minimum atomic E-state index is 0.470. The number of halogens is 1. The molecule has 11 heavy (non-hydrogen) atoms. The van der Waals surface area contributed by atoms with Gasteiger partial charge >= 0.3 is 0 Å². The average molecular weight is 172 g/mol. The number of aromatic nitrogens is 1. The van der Waals surface area contributed by atoms with Gasteiger partial charge in [0, 0.05) is 11.8 Å². The van der Waals surface area contributed by atoms with Gasteiger partial charge < -0.3 is 4.74 Å². The molecular formula is C8H10ClNO. The monoisotopic (exact) mass is 171 g/mol. The predicted octanol–water partition coefficient (Wildman–Crippen LogP) is 2.22. The Morgan fingerprint density at radius 1 is 1.64 bits per heavy atom. The summed E-state index contributed by atoms with van der Waals surface area (Å²) in [7, 11) is 0. The van der Waals surface area contributed by atoms with E-state index in [9.17, 15) is 0 Å². The molecule has 0 N–H and O–H groups in total. The number of pyridine rings is 1. The van der Waals surface area contributed by atoms with Gasteiger partial charge in [0.15, 0.2) is 0 Å². The lowest BCUT2D eigenvalue weighted by molar-refractivity contribution is 0.336. The van der Waals surface area contributed by atoms with Crippen LogP contribution in [0.15, 0.2) is 18.5 Å². The van der Waals surface area contributed by atoms with E-state index in [2.05, 4.69) is 4.98 Å². The number of hydrogen-bond acceptors (Lipinski definition) is 2. The second-order valence-electron chi connectivity index (χ2n) is 2.05. The minimum Gasteiger partial charge on any atom is -0.492 e.